The number of aromatic nitrogens is 2. The molecular formula is C11H9BrClFN2O. The summed E-state index contributed by atoms with van der Waals surface area (Å²) in [5.41, 5.74) is 0.575. The molecule has 0 unspecified atom stereocenters. The summed E-state index contributed by atoms with van der Waals surface area (Å²) in [7, 11) is 0. The first-order valence-electron chi connectivity index (χ1n) is 5.04. The summed E-state index contributed by atoms with van der Waals surface area (Å²) in [6.45, 7) is 0. The highest BCUT2D eigenvalue weighted by Crippen LogP contribution is 2.26. The monoisotopic (exact) mass is 318 g/mol. The average molecular weight is 320 g/mol. The zero-order valence-corrected chi connectivity index (χ0v) is 11.1. The molecule has 0 saturated heterocycles. The van der Waals surface area contributed by atoms with Crippen molar-refractivity contribution in [2.75, 3.05) is 5.88 Å². The van der Waals surface area contributed by atoms with Crippen LogP contribution < -0.4 is 0 Å². The summed E-state index contributed by atoms with van der Waals surface area (Å²) < 4.78 is 18.9. The van der Waals surface area contributed by atoms with Crippen LogP contribution in [-0.4, -0.2) is 16.0 Å². The Morgan fingerprint density at radius 2 is 2.24 bits per heavy atom. The lowest BCUT2D eigenvalue weighted by Crippen LogP contribution is -1.88. The second-order valence-electron chi connectivity index (χ2n) is 3.43. The van der Waals surface area contributed by atoms with E-state index in [1.807, 2.05) is 0 Å². The lowest BCUT2D eigenvalue weighted by atomic mass is 10.2. The minimum atomic E-state index is -0.338. The van der Waals surface area contributed by atoms with E-state index in [2.05, 4.69) is 26.1 Å². The van der Waals surface area contributed by atoms with E-state index in [9.17, 15) is 4.39 Å². The van der Waals surface area contributed by atoms with Crippen molar-refractivity contribution in [1.82, 2.24) is 10.1 Å². The molecule has 2 aromatic rings. The fraction of sp³-hybridized carbons (Fsp3) is 0.273. The second kappa shape index (κ2) is 5.60. The number of benzene rings is 1. The van der Waals surface area contributed by atoms with Crippen LogP contribution in [0.3, 0.4) is 0 Å². The molecule has 0 N–H and O–H groups in total. The van der Waals surface area contributed by atoms with Gasteiger partial charge in [0.25, 0.3) is 0 Å². The van der Waals surface area contributed by atoms with Crippen LogP contribution >= 0.6 is 27.5 Å². The van der Waals surface area contributed by atoms with Gasteiger partial charge in [0.05, 0.1) is 0 Å². The molecule has 3 nitrogen and oxygen atoms in total. The Kier molecular flexibility index (Phi) is 4.12. The van der Waals surface area contributed by atoms with E-state index in [0.29, 0.717) is 29.6 Å². The predicted octanol–water partition coefficient (Wildman–Crippen LogP) is 3.81. The maximum Gasteiger partial charge on any atom is 0.227 e. The maximum atomic E-state index is 13.1. The molecule has 1 aromatic carbocycles. The summed E-state index contributed by atoms with van der Waals surface area (Å²) in [5, 5.41) is 3.82. The van der Waals surface area contributed by atoms with Gasteiger partial charge in [0.2, 0.25) is 11.7 Å². The van der Waals surface area contributed by atoms with Crippen molar-refractivity contribution in [2.24, 2.45) is 0 Å². The third-order valence-electron chi connectivity index (χ3n) is 2.16. The molecule has 0 fully saturated rings. The van der Waals surface area contributed by atoms with E-state index in [-0.39, 0.29) is 5.82 Å². The van der Waals surface area contributed by atoms with Crippen molar-refractivity contribution in [3.8, 4) is 11.4 Å². The first kappa shape index (κ1) is 12.5. The SMILES string of the molecule is Fc1ccc(Br)c(-c2noc(CCCCl)n2)c1. The van der Waals surface area contributed by atoms with Gasteiger partial charge in [-0.05, 0) is 24.6 Å². The zero-order chi connectivity index (χ0) is 12.3. The molecule has 2 rings (SSSR count). The quantitative estimate of drug-likeness (QED) is 0.804. The van der Waals surface area contributed by atoms with Gasteiger partial charge in [0, 0.05) is 22.3 Å². The Labute approximate surface area is 111 Å². The molecule has 90 valence electrons. The first-order chi connectivity index (χ1) is 8.20. The molecule has 0 spiro atoms. The van der Waals surface area contributed by atoms with Crippen molar-refractivity contribution in [3.05, 3.63) is 34.4 Å². The van der Waals surface area contributed by atoms with Gasteiger partial charge in [-0.15, -0.1) is 11.6 Å². The standard InChI is InChI=1S/C11H9BrClFN2O/c12-9-4-3-7(14)6-8(9)11-15-10(17-16-11)2-1-5-13/h3-4,6H,1-2,5H2. The van der Waals surface area contributed by atoms with Crippen molar-refractivity contribution < 1.29 is 8.91 Å². The van der Waals surface area contributed by atoms with E-state index < -0.39 is 0 Å². The average Bonchev–Trinajstić information content (AvgIpc) is 2.78. The Hall–Kier alpha value is -0.940. The van der Waals surface area contributed by atoms with Crippen molar-refractivity contribution >= 4 is 27.5 Å². The molecular weight excluding hydrogens is 310 g/mol. The second-order valence-corrected chi connectivity index (χ2v) is 4.66. The van der Waals surface area contributed by atoms with Crippen LogP contribution in [0.2, 0.25) is 0 Å². The van der Waals surface area contributed by atoms with Crippen LogP contribution in [0.25, 0.3) is 11.4 Å². The highest BCUT2D eigenvalue weighted by Gasteiger charge is 2.12. The number of hydrogen-bond acceptors (Lipinski definition) is 3. The van der Waals surface area contributed by atoms with Gasteiger partial charge >= 0.3 is 0 Å². The highest BCUT2D eigenvalue weighted by molar-refractivity contribution is 9.10. The van der Waals surface area contributed by atoms with E-state index in [1.165, 1.54) is 12.1 Å². The first-order valence-corrected chi connectivity index (χ1v) is 6.37. The number of nitrogens with zero attached hydrogens (tertiary/aromatic N) is 2. The molecule has 17 heavy (non-hydrogen) atoms. The Bertz CT molecular complexity index is 518. The third-order valence-corrected chi connectivity index (χ3v) is 3.12. The third kappa shape index (κ3) is 3.04. The summed E-state index contributed by atoms with van der Waals surface area (Å²) in [5.74, 6) is 1.09. The van der Waals surface area contributed by atoms with Crippen LogP contribution in [0.15, 0.2) is 27.2 Å². The van der Waals surface area contributed by atoms with Gasteiger partial charge in [-0.3, -0.25) is 0 Å². The van der Waals surface area contributed by atoms with Crippen LogP contribution in [0.4, 0.5) is 4.39 Å². The molecule has 0 amide bonds. The number of hydrogen-bond donors (Lipinski definition) is 0. The minimum absolute atomic E-state index is 0.338. The Morgan fingerprint density at radius 3 is 3.00 bits per heavy atom. The van der Waals surface area contributed by atoms with E-state index in [4.69, 9.17) is 16.1 Å². The molecule has 0 radical (unpaired) electrons. The number of halogens is 3. The molecule has 0 bridgehead atoms. The number of alkyl halides is 1. The summed E-state index contributed by atoms with van der Waals surface area (Å²) in [6, 6.07) is 4.34. The normalized spacial score (nSPS) is 10.8. The number of rotatable bonds is 4. The van der Waals surface area contributed by atoms with Crippen LogP contribution in [-0.2, 0) is 6.42 Å². The van der Waals surface area contributed by atoms with Crippen molar-refractivity contribution in [3.63, 3.8) is 0 Å². The summed E-state index contributed by atoms with van der Waals surface area (Å²) in [4.78, 5) is 4.19. The molecule has 0 aliphatic heterocycles. The number of aryl methyl sites for hydroxylation is 1. The molecule has 1 aromatic heterocycles. The minimum Gasteiger partial charge on any atom is -0.339 e. The van der Waals surface area contributed by atoms with Crippen LogP contribution in [0, 0.1) is 5.82 Å². The van der Waals surface area contributed by atoms with Crippen LogP contribution in [0.1, 0.15) is 12.3 Å². The van der Waals surface area contributed by atoms with Gasteiger partial charge in [0.15, 0.2) is 0 Å². The molecule has 0 aliphatic carbocycles. The fourth-order valence-electron chi connectivity index (χ4n) is 1.35. The largest absolute Gasteiger partial charge is 0.339 e. The van der Waals surface area contributed by atoms with Crippen LogP contribution in [0.5, 0.6) is 0 Å². The zero-order valence-electron chi connectivity index (χ0n) is 8.79. The van der Waals surface area contributed by atoms with Crippen molar-refractivity contribution in [2.45, 2.75) is 12.8 Å². The lowest BCUT2D eigenvalue weighted by Gasteiger charge is -1.98. The van der Waals surface area contributed by atoms with Gasteiger partial charge in [-0.25, -0.2) is 4.39 Å². The van der Waals surface area contributed by atoms with Gasteiger partial charge in [-0.2, -0.15) is 4.98 Å². The predicted molar refractivity (Wildman–Crippen MR) is 66.4 cm³/mol. The Morgan fingerprint density at radius 1 is 1.41 bits per heavy atom. The van der Waals surface area contributed by atoms with Crippen molar-refractivity contribution in [1.29, 1.82) is 0 Å². The Balaban J connectivity index is 2.27. The molecule has 6 heteroatoms. The van der Waals surface area contributed by atoms with E-state index in [1.54, 1.807) is 6.07 Å². The lowest BCUT2D eigenvalue weighted by molar-refractivity contribution is 0.378. The molecule has 0 aliphatic rings. The highest BCUT2D eigenvalue weighted by atomic mass is 79.9. The smallest absolute Gasteiger partial charge is 0.227 e. The maximum absolute atomic E-state index is 13.1. The van der Waals surface area contributed by atoms with Gasteiger partial charge in [0.1, 0.15) is 5.82 Å². The summed E-state index contributed by atoms with van der Waals surface area (Å²) >= 11 is 8.89. The topological polar surface area (TPSA) is 38.9 Å². The van der Waals surface area contributed by atoms with Gasteiger partial charge in [-0.1, -0.05) is 21.1 Å². The summed E-state index contributed by atoms with van der Waals surface area (Å²) in [6.07, 6.45) is 1.40. The van der Waals surface area contributed by atoms with E-state index in [0.717, 1.165) is 10.9 Å². The molecule has 0 atom stereocenters. The fourth-order valence-corrected chi connectivity index (χ4v) is 1.91. The van der Waals surface area contributed by atoms with Gasteiger partial charge < -0.3 is 4.52 Å². The molecule has 0 saturated carbocycles. The molecule has 1 heterocycles. The van der Waals surface area contributed by atoms with E-state index >= 15 is 0 Å².